The summed E-state index contributed by atoms with van der Waals surface area (Å²) in [5.74, 6) is -0.980. The van der Waals surface area contributed by atoms with Gasteiger partial charge < -0.3 is 14.4 Å². The number of nitrogens with zero attached hydrogens (tertiary/aromatic N) is 2. The van der Waals surface area contributed by atoms with Crippen molar-refractivity contribution in [3.63, 3.8) is 0 Å². The molecule has 0 unspecified atom stereocenters. The van der Waals surface area contributed by atoms with Crippen LogP contribution >= 0.6 is 15.9 Å². The van der Waals surface area contributed by atoms with E-state index in [0.717, 1.165) is 30.3 Å². The third kappa shape index (κ3) is 4.78. The molecule has 12 heteroatoms. The van der Waals surface area contributed by atoms with Gasteiger partial charge in [0.1, 0.15) is 0 Å². The van der Waals surface area contributed by atoms with Crippen LogP contribution in [0.25, 0.3) is 0 Å². The standard InChI is InChI=1S/C28H24BrF3N2O6/c1-33-17-5-3-7-20(35)25(17)24(26-18(33)6-4-8-21(26)36)14-11-16(29)27(23(12-14)39-2)40-22-10-9-15(28(30,31)32)13-19(22)34(37)38/h9-13,24H,3-8H2,1-2H3. The minimum Gasteiger partial charge on any atom is -0.493 e. The molecular formula is C28H24BrF3N2O6. The van der Waals surface area contributed by atoms with Crippen LogP contribution in [0.5, 0.6) is 17.2 Å². The van der Waals surface area contributed by atoms with Gasteiger partial charge in [0.05, 0.1) is 22.1 Å². The molecule has 0 aromatic heterocycles. The van der Waals surface area contributed by atoms with E-state index in [1.165, 1.54) is 7.11 Å². The van der Waals surface area contributed by atoms with Crippen LogP contribution in [-0.2, 0) is 15.8 Å². The molecular weight excluding hydrogens is 597 g/mol. The maximum absolute atomic E-state index is 13.3. The Hall–Kier alpha value is -3.67. The average molecular weight is 621 g/mol. The molecule has 210 valence electrons. The van der Waals surface area contributed by atoms with Crippen molar-refractivity contribution in [1.29, 1.82) is 0 Å². The largest absolute Gasteiger partial charge is 0.493 e. The second kappa shape index (κ2) is 10.4. The molecule has 1 heterocycles. The van der Waals surface area contributed by atoms with Crippen LogP contribution in [0, 0.1) is 10.1 Å². The summed E-state index contributed by atoms with van der Waals surface area (Å²) in [6.45, 7) is 0. The zero-order valence-electron chi connectivity index (χ0n) is 21.6. The molecule has 8 nitrogen and oxygen atoms in total. The van der Waals surface area contributed by atoms with Gasteiger partial charge in [-0.15, -0.1) is 0 Å². The average Bonchev–Trinajstić information content (AvgIpc) is 2.90. The van der Waals surface area contributed by atoms with Gasteiger partial charge in [0, 0.05) is 54.4 Å². The number of Topliss-reactive ketones (excluding diaryl/α,β-unsaturated/α-hetero) is 2. The number of hydrogen-bond donors (Lipinski definition) is 0. The number of carbonyl (C=O) groups is 2. The van der Waals surface area contributed by atoms with E-state index in [2.05, 4.69) is 15.9 Å². The van der Waals surface area contributed by atoms with E-state index in [-0.39, 0.29) is 27.5 Å². The molecule has 1 aliphatic heterocycles. The van der Waals surface area contributed by atoms with Gasteiger partial charge >= 0.3 is 11.9 Å². The van der Waals surface area contributed by atoms with Crippen LogP contribution in [0.2, 0.25) is 0 Å². The van der Waals surface area contributed by atoms with Crippen LogP contribution in [-0.4, -0.2) is 35.5 Å². The van der Waals surface area contributed by atoms with Gasteiger partial charge in [-0.05, 0) is 71.4 Å². The maximum Gasteiger partial charge on any atom is 0.416 e. The first-order chi connectivity index (χ1) is 18.9. The molecule has 0 saturated heterocycles. The third-order valence-electron chi connectivity index (χ3n) is 7.52. The van der Waals surface area contributed by atoms with Crippen molar-refractivity contribution >= 4 is 33.2 Å². The highest BCUT2D eigenvalue weighted by Gasteiger charge is 2.43. The highest BCUT2D eigenvalue weighted by Crippen LogP contribution is 2.51. The van der Waals surface area contributed by atoms with E-state index in [1.54, 1.807) is 12.1 Å². The van der Waals surface area contributed by atoms with E-state index in [9.17, 15) is 32.9 Å². The number of rotatable bonds is 5. The van der Waals surface area contributed by atoms with Gasteiger partial charge in [-0.1, -0.05) is 0 Å². The van der Waals surface area contributed by atoms with Gasteiger partial charge in [0.15, 0.2) is 23.1 Å². The quantitative estimate of drug-likeness (QED) is 0.257. The van der Waals surface area contributed by atoms with Crippen molar-refractivity contribution in [3.05, 3.63) is 78.6 Å². The predicted octanol–water partition coefficient (Wildman–Crippen LogP) is 7.22. The van der Waals surface area contributed by atoms with E-state index < -0.39 is 34.0 Å². The van der Waals surface area contributed by atoms with Crippen molar-refractivity contribution < 1.29 is 37.2 Å². The second-order valence-electron chi connectivity index (χ2n) is 9.84. The zero-order valence-corrected chi connectivity index (χ0v) is 23.1. The van der Waals surface area contributed by atoms with E-state index in [4.69, 9.17) is 9.47 Å². The molecule has 0 N–H and O–H groups in total. The molecule has 2 aromatic carbocycles. The SMILES string of the molecule is COc1cc(C2C3=C(CCCC3=O)N(C)C3=C2C(=O)CCC3)cc(Br)c1Oc1ccc(C(F)(F)F)cc1[N+](=O)[O-]. The van der Waals surface area contributed by atoms with Crippen LogP contribution in [0.4, 0.5) is 18.9 Å². The molecule has 2 aliphatic carbocycles. The lowest BCUT2D eigenvalue weighted by atomic mass is 9.71. The summed E-state index contributed by atoms with van der Waals surface area (Å²) in [4.78, 5) is 39.1. The Morgan fingerprint density at radius 1 is 0.975 bits per heavy atom. The van der Waals surface area contributed by atoms with Crippen molar-refractivity contribution in [2.45, 2.75) is 50.6 Å². The van der Waals surface area contributed by atoms with Crippen molar-refractivity contribution in [2.24, 2.45) is 0 Å². The monoisotopic (exact) mass is 620 g/mol. The minimum absolute atomic E-state index is 0.00427. The van der Waals surface area contributed by atoms with E-state index in [0.29, 0.717) is 54.5 Å². The molecule has 0 fully saturated rings. The lowest BCUT2D eigenvalue weighted by Crippen LogP contribution is -2.37. The molecule has 5 rings (SSSR count). The summed E-state index contributed by atoms with van der Waals surface area (Å²) in [5.41, 5.74) is 1.48. The topological polar surface area (TPSA) is 99.0 Å². The summed E-state index contributed by atoms with van der Waals surface area (Å²) in [5, 5.41) is 11.6. The van der Waals surface area contributed by atoms with Gasteiger partial charge in [-0.25, -0.2) is 0 Å². The summed E-state index contributed by atoms with van der Waals surface area (Å²) in [6, 6.07) is 5.25. The van der Waals surface area contributed by atoms with Gasteiger partial charge in [-0.2, -0.15) is 13.2 Å². The lowest BCUT2D eigenvalue weighted by molar-refractivity contribution is -0.385. The maximum atomic E-state index is 13.3. The predicted molar refractivity (Wildman–Crippen MR) is 141 cm³/mol. The van der Waals surface area contributed by atoms with Crippen molar-refractivity contribution in [2.75, 3.05) is 14.2 Å². The number of hydrogen-bond acceptors (Lipinski definition) is 7. The number of halogens is 4. The van der Waals surface area contributed by atoms with E-state index >= 15 is 0 Å². The highest BCUT2D eigenvalue weighted by molar-refractivity contribution is 9.10. The van der Waals surface area contributed by atoms with Gasteiger partial charge in [-0.3, -0.25) is 19.7 Å². The summed E-state index contributed by atoms with van der Waals surface area (Å²) in [6.07, 6.45) is -1.18. The number of allylic oxidation sites excluding steroid dienone is 4. The Labute approximate surface area is 235 Å². The Bertz CT molecular complexity index is 1470. The molecule has 0 atom stereocenters. The molecule has 2 aromatic rings. The molecule has 0 bridgehead atoms. The van der Waals surface area contributed by atoms with Crippen LogP contribution < -0.4 is 9.47 Å². The Morgan fingerprint density at radius 2 is 1.57 bits per heavy atom. The van der Waals surface area contributed by atoms with E-state index in [1.807, 2.05) is 11.9 Å². The molecule has 0 spiro atoms. The molecule has 40 heavy (non-hydrogen) atoms. The molecule has 0 radical (unpaired) electrons. The number of nitro groups is 1. The Morgan fingerprint density at radius 3 is 2.10 bits per heavy atom. The Kier molecular flexibility index (Phi) is 7.24. The number of methoxy groups -OCH3 is 1. The first-order valence-electron chi connectivity index (χ1n) is 12.6. The number of alkyl halides is 3. The molecule has 3 aliphatic rings. The number of benzene rings is 2. The lowest BCUT2D eigenvalue weighted by Gasteiger charge is -2.42. The number of ether oxygens (including phenoxy) is 2. The summed E-state index contributed by atoms with van der Waals surface area (Å²) >= 11 is 3.42. The second-order valence-corrected chi connectivity index (χ2v) is 10.7. The molecule has 0 saturated carbocycles. The normalized spacial score (nSPS) is 18.1. The van der Waals surface area contributed by atoms with Gasteiger partial charge in [0.2, 0.25) is 5.75 Å². The number of ketones is 2. The first kappa shape index (κ1) is 27.9. The van der Waals surface area contributed by atoms with Crippen LogP contribution in [0.15, 0.2) is 57.3 Å². The van der Waals surface area contributed by atoms with Gasteiger partial charge in [0.25, 0.3) is 0 Å². The first-order valence-corrected chi connectivity index (χ1v) is 13.4. The fourth-order valence-corrected chi connectivity index (χ4v) is 6.26. The van der Waals surface area contributed by atoms with Crippen LogP contribution in [0.1, 0.15) is 55.6 Å². The fourth-order valence-electron chi connectivity index (χ4n) is 5.72. The summed E-state index contributed by atoms with van der Waals surface area (Å²) < 4.78 is 51.1. The minimum atomic E-state index is -4.77. The summed E-state index contributed by atoms with van der Waals surface area (Å²) in [7, 11) is 3.24. The van der Waals surface area contributed by atoms with Crippen LogP contribution in [0.3, 0.4) is 0 Å². The number of nitro benzene ring substituents is 1. The van der Waals surface area contributed by atoms with Crippen molar-refractivity contribution in [3.8, 4) is 17.2 Å². The van der Waals surface area contributed by atoms with Crippen molar-refractivity contribution in [1.82, 2.24) is 4.90 Å². The number of carbonyl (C=O) groups excluding carboxylic acids is 2. The smallest absolute Gasteiger partial charge is 0.416 e. The Balaban J connectivity index is 1.63. The highest BCUT2D eigenvalue weighted by atomic mass is 79.9. The fraction of sp³-hybridized carbons (Fsp3) is 0.357. The molecule has 0 amide bonds. The zero-order chi connectivity index (χ0) is 28.9. The third-order valence-corrected chi connectivity index (χ3v) is 8.11.